The van der Waals surface area contributed by atoms with Crippen LogP contribution in [0.3, 0.4) is 0 Å². The third kappa shape index (κ3) is 5.91. The standard InChI is InChI=1S/C12H18BrN3O3S.ClH/c1-3-15-4-5-16-12(17)10-6-9(13)7-11(8(10)2)20(14,18)19;/h6-7,15H,3-5H2,1-2H3,(H,16,17)(H2,14,18,19);1H. The number of likely N-dealkylation sites (N-methyl/N-ethyl adjacent to an activating group) is 1. The molecule has 0 aliphatic carbocycles. The first-order valence-electron chi connectivity index (χ1n) is 6.09. The maximum Gasteiger partial charge on any atom is 0.251 e. The highest BCUT2D eigenvalue weighted by Crippen LogP contribution is 2.23. The van der Waals surface area contributed by atoms with Crippen LogP contribution in [0.2, 0.25) is 0 Å². The van der Waals surface area contributed by atoms with Crippen molar-refractivity contribution in [3.63, 3.8) is 0 Å². The molecular weight excluding hydrogens is 382 g/mol. The molecule has 9 heteroatoms. The second-order valence-corrected chi connectivity index (χ2v) is 6.68. The van der Waals surface area contributed by atoms with Gasteiger partial charge in [-0.1, -0.05) is 22.9 Å². The number of nitrogens with one attached hydrogen (secondary N) is 2. The summed E-state index contributed by atoms with van der Waals surface area (Å²) >= 11 is 3.19. The van der Waals surface area contributed by atoms with Gasteiger partial charge in [-0.3, -0.25) is 4.79 Å². The Morgan fingerprint density at radius 2 is 1.95 bits per heavy atom. The van der Waals surface area contributed by atoms with Crippen LogP contribution in [-0.4, -0.2) is 34.0 Å². The number of rotatable bonds is 6. The van der Waals surface area contributed by atoms with Crippen LogP contribution in [0.5, 0.6) is 0 Å². The third-order valence-corrected chi connectivity index (χ3v) is 4.21. The number of amides is 1. The summed E-state index contributed by atoms with van der Waals surface area (Å²) in [6, 6.07) is 2.96. The molecule has 1 aromatic rings. The van der Waals surface area contributed by atoms with Gasteiger partial charge in [-0.25, -0.2) is 13.6 Å². The fourth-order valence-electron chi connectivity index (χ4n) is 1.72. The highest BCUT2D eigenvalue weighted by atomic mass is 79.9. The zero-order valence-corrected chi connectivity index (χ0v) is 15.0. The van der Waals surface area contributed by atoms with Gasteiger partial charge in [0.05, 0.1) is 4.90 Å². The smallest absolute Gasteiger partial charge is 0.251 e. The normalized spacial score (nSPS) is 10.9. The summed E-state index contributed by atoms with van der Waals surface area (Å²) in [7, 11) is -3.86. The molecule has 0 spiro atoms. The van der Waals surface area contributed by atoms with Gasteiger partial charge in [0.2, 0.25) is 10.0 Å². The number of halogens is 2. The van der Waals surface area contributed by atoms with Crippen molar-refractivity contribution in [1.82, 2.24) is 10.6 Å². The molecule has 21 heavy (non-hydrogen) atoms. The molecule has 0 fully saturated rings. The minimum Gasteiger partial charge on any atom is -0.351 e. The van der Waals surface area contributed by atoms with Crippen molar-refractivity contribution in [3.8, 4) is 0 Å². The van der Waals surface area contributed by atoms with Crippen molar-refractivity contribution in [2.45, 2.75) is 18.7 Å². The van der Waals surface area contributed by atoms with Crippen LogP contribution in [-0.2, 0) is 10.0 Å². The number of carbonyl (C=O) groups is 1. The lowest BCUT2D eigenvalue weighted by Gasteiger charge is -2.11. The van der Waals surface area contributed by atoms with Crippen LogP contribution < -0.4 is 15.8 Å². The van der Waals surface area contributed by atoms with E-state index < -0.39 is 10.0 Å². The van der Waals surface area contributed by atoms with Crippen molar-refractivity contribution in [3.05, 3.63) is 27.7 Å². The SMILES string of the molecule is CCNCCNC(=O)c1cc(Br)cc(S(N)(=O)=O)c1C.Cl. The summed E-state index contributed by atoms with van der Waals surface area (Å²) < 4.78 is 23.5. The van der Waals surface area contributed by atoms with Crippen molar-refractivity contribution >= 4 is 44.3 Å². The minimum atomic E-state index is -3.86. The average molecular weight is 401 g/mol. The molecule has 1 aromatic carbocycles. The predicted octanol–water partition coefficient (Wildman–Crippen LogP) is 1.17. The minimum absolute atomic E-state index is 0. The summed E-state index contributed by atoms with van der Waals surface area (Å²) in [5.74, 6) is -0.327. The van der Waals surface area contributed by atoms with Gasteiger partial charge in [0.25, 0.3) is 5.91 Å². The Hall–Kier alpha value is -0.670. The lowest BCUT2D eigenvalue weighted by molar-refractivity contribution is 0.0953. The quantitative estimate of drug-likeness (QED) is 0.624. The molecule has 0 radical (unpaired) electrons. The Morgan fingerprint density at radius 1 is 1.33 bits per heavy atom. The third-order valence-electron chi connectivity index (χ3n) is 2.71. The van der Waals surface area contributed by atoms with Crippen LogP contribution in [0.1, 0.15) is 22.8 Å². The average Bonchev–Trinajstić information content (AvgIpc) is 2.35. The topological polar surface area (TPSA) is 101 Å². The molecule has 0 atom stereocenters. The fraction of sp³-hybridized carbons (Fsp3) is 0.417. The summed E-state index contributed by atoms with van der Waals surface area (Å²) in [5, 5.41) is 10.9. The molecule has 4 N–H and O–H groups in total. The summed E-state index contributed by atoms with van der Waals surface area (Å²) in [4.78, 5) is 12.0. The van der Waals surface area contributed by atoms with Crippen LogP contribution in [0.15, 0.2) is 21.5 Å². The van der Waals surface area contributed by atoms with E-state index in [2.05, 4.69) is 26.6 Å². The molecule has 120 valence electrons. The second-order valence-electron chi connectivity index (χ2n) is 4.23. The zero-order valence-electron chi connectivity index (χ0n) is 11.8. The summed E-state index contributed by atoms with van der Waals surface area (Å²) in [6.07, 6.45) is 0. The molecule has 1 rings (SSSR count). The van der Waals surface area contributed by atoms with Crippen LogP contribution in [0, 0.1) is 6.92 Å². The Kier molecular flexibility index (Phi) is 8.42. The van der Waals surface area contributed by atoms with Gasteiger partial charge >= 0.3 is 0 Å². The van der Waals surface area contributed by atoms with Gasteiger partial charge in [-0.2, -0.15) is 0 Å². The second kappa shape index (κ2) is 8.70. The molecule has 6 nitrogen and oxygen atoms in total. The van der Waals surface area contributed by atoms with Gasteiger partial charge in [-0.15, -0.1) is 12.4 Å². The van der Waals surface area contributed by atoms with Gasteiger partial charge in [0.15, 0.2) is 0 Å². The largest absolute Gasteiger partial charge is 0.351 e. The zero-order chi connectivity index (χ0) is 15.3. The highest BCUT2D eigenvalue weighted by Gasteiger charge is 2.19. The van der Waals surface area contributed by atoms with Crippen LogP contribution >= 0.6 is 28.3 Å². The number of benzene rings is 1. The number of carbonyl (C=O) groups excluding carboxylic acids is 1. The van der Waals surface area contributed by atoms with E-state index in [4.69, 9.17) is 5.14 Å². The molecule has 0 heterocycles. The number of primary sulfonamides is 1. The Morgan fingerprint density at radius 3 is 2.48 bits per heavy atom. The number of hydrogen-bond acceptors (Lipinski definition) is 4. The highest BCUT2D eigenvalue weighted by molar-refractivity contribution is 9.10. The van der Waals surface area contributed by atoms with Gasteiger partial charge in [-0.05, 0) is 31.2 Å². The maximum atomic E-state index is 12.1. The van der Waals surface area contributed by atoms with E-state index >= 15 is 0 Å². The van der Waals surface area contributed by atoms with Crippen LogP contribution in [0.25, 0.3) is 0 Å². The van der Waals surface area contributed by atoms with Gasteiger partial charge in [0, 0.05) is 23.1 Å². The molecule has 0 aromatic heterocycles. The molecule has 0 saturated carbocycles. The molecule has 0 saturated heterocycles. The van der Waals surface area contributed by atoms with E-state index in [0.29, 0.717) is 28.7 Å². The van der Waals surface area contributed by atoms with E-state index in [0.717, 1.165) is 6.54 Å². The Labute approximate surface area is 139 Å². The van der Waals surface area contributed by atoms with Crippen LogP contribution in [0.4, 0.5) is 0 Å². The van der Waals surface area contributed by atoms with Crippen molar-refractivity contribution in [2.24, 2.45) is 5.14 Å². The first kappa shape index (κ1) is 20.3. The molecule has 1 amide bonds. The molecule has 0 aliphatic rings. The fourth-order valence-corrected chi connectivity index (χ4v) is 3.16. The first-order valence-corrected chi connectivity index (χ1v) is 8.43. The molecular formula is C12H19BrClN3O3S. The van der Waals surface area contributed by atoms with E-state index in [9.17, 15) is 13.2 Å². The molecule has 0 bridgehead atoms. The first-order chi connectivity index (χ1) is 9.27. The van der Waals surface area contributed by atoms with E-state index in [1.54, 1.807) is 13.0 Å². The van der Waals surface area contributed by atoms with Crippen molar-refractivity contribution in [2.75, 3.05) is 19.6 Å². The van der Waals surface area contributed by atoms with E-state index in [-0.39, 0.29) is 23.2 Å². The molecule has 0 aliphatic heterocycles. The van der Waals surface area contributed by atoms with Crippen molar-refractivity contribution in [1.29, 1.82) is 0 Å². The predicted molar refractivity (Wildman–Crippen MR) is 88.4 cm³/mol. The van der Waals surface area contributed by atoms with E-state index in [1.165, 1.54) is 6.07 Å². The van der Waals surface area contributed by atoms with Crippen molar-refractivity contribution < 1.29 is 13.2 Å². The lowest BCUT2D eigenvalue weighted by atomic mass is 10.1. The van der Waals surface area contributed by atoms with Gasteiger partial charge in [0.1, 0.15) is 0 Å². The monoisotopic (exact) mass is 399 g/mol. The summed E-state index contributed by atoms with van der Waals surface area (Å²) in [5.41, 5.74) is 0.636. The maximum absolute atomic E-state index is 12.1. The molecule has 0 unspecified atom stereocenters. The van der Waals surface area contributed by atoms with E-state index in [1.807, 2.05) is 6.92 Å². The Bertz CT molecular complexity index is 608. The summed E-state index contributed by atoms with van der Waals surface area (Å²) in [6.45, 7) is 5.46. The number of sulfonamides is 1. The number of nitrogens with two attached hydrogens (primary N) is 1. The van der Waals surface area contributed by atoms with Gasteiger partial charge < -0.3 is 10.6 Å². The lowest BCUT2D eigenvalue weighted by Crippen LogP contribution is -2.32. The Balaban J connectivity index is 0.00000400. The number of hydrogen-bond donors (Lipinski definition) is 3.